The summed E-state index contributed by atoms with van der Waals surface area (Å²) in [5.74, 6) is 0.708. The summed E-state index contributed by atoms with van der Waals surface area (Å²) in [6, 6.07) is 5.87. The van der Waals surface area contributed by atoms with Crippen LogP contribution in [-0.4, -0.2) is 24.5 Å². The normalized spacial score (nSPS) is 17.5. The van der Waals surface area contributed by atoms with Crippen molar-refractivity contribution in [1.82, 2.24) is 4.90 Å². The molecule has 1 saturated heterocycles. The average molecular weight is 310 g/mol. The van der Waals surface area contributed by atoms with Crippen LogP contribution in [-0.2, 0) is 6.54 Å². The van der Waals surface area contributed by atoms with Crippen molar-refractivity contribution in [2.45, 2.75) is 19.4 Å². The Morgan fingerprint density at radius 3 is 2.39 bits per heavy atom. The first-order valence-electron chi connectivity index (χ1n) is 6.05. The maximum Gasteiger partial charge on any atom is 0.0595 e. The molecular formula is C13H19Cl3N2. The van der Waals surface area contributed by atoms with E-state index in [-0.39, 0.29) is 12.4 Å². The third-order valence-corrected chi connectivity index (χ3v) is 4.17. The highest BCUT2D eigenvalue weighted by Gasteiger charge is 2.17. The van der Waals surface area contributed by atoms with Gasteiger partial charge < -0.3 is 5.73 Å². The number of likely N-dealkylation sites (tertiary alicyclic amines) is 1. The summed E-state index contributed by atoms with van der Waals surface area (Å²) in [5.41, 5.74) is 6.91. The Bertz CT molecular complexity index is 376. The number of hydrogen-bond acceptors (Lipinski definition) is 2. The van der Waals surface area contributed by atoms with E-state index in [2.05, 4.69) is 4.90 Å². The first-order chi connectivity index (χ1) is 8.19. The van der Waals surface area contributed by atoms with Gasteiger partial charge in [-0.05, 0) is 56.1 Å². The monoisotopic (exact) mass is 308 g/mol. The van der Waals surface area contributed by atoms with E-state index in [1.54, 1.807) is 0 Å². The number of rotatable bonds is 3. The molecule has 0 unspecified atom stereocenters. The molecular weight excluding hydrogens is 291 g/mol. The lowest BCUT2D eigenvalue weighted by Crippen LogP contribution is -2.35. The van der Waals surface area contributed by atoms with E-state index in [1.807, 2.05) is 18.2 Å². The van der Waals surface area contributed by atoms with Crippen LogP contribution in [0.5, 0.6) is 0 Å². The van der Waals surface area contributed by atoms with Crippen molar-refractivity contribution >= 4 is 35.6 Å². The Balaban J connectivity index is 0.00000162. The van der Waals surface area contributed by atoms with Crippen molar-refractivity contribution in [2.24, 2.45) is 11.7 Å². The van der Waals surface area contributed by atoms with Gasteiger partial charge in [-0.3, -0.25) is 4.90 Å². The highest BCUT2D eigenvalue weighted by Crippen LogP contribution is 2.24. The summed E-state index contributed by atoms with van der Waals surface area (Å²) in [4.78, 5) is 2.45. The molecule has 0 spiro atoms. The molecule has 1 aromatic carbocycles. The fraction of sp³-hybridized carbons (Fsp3) is 0.538. The molecule has 1 aliphatic heterocycles. The molecule has 1 aliphatic rings. The molecule has 0 aromatic heterocycles. The van der Waals surface area contributed by atoms with E-state index in [4.69, 9.17) is 28.9 Å². The standard InChI is InChI=1S/C13H18Cl2N2.ClH/c14-12-2-1-11(7-13(12)15)9-17-5-3-10(8-16)4-6-17;/h1-2,7,10H,3-6,8-9,16H2;1H. The molecule has 0 saturated carbocycles. The summed E-state index contributed by atoms with van der Waals surface area (Å²) in [6.07, 6.45) is 2.41. The van der Waals surface area contributed by atoms with E-state index in [9.17, 15) is 0 Å². The minimum Gasteiger partial charge on any atom is -0.330 e. The summed E-state index contributed by atoms with van der Waals surface area (Å²) in [7, 11) is 0. The van der Waals surface area contributed by atoms with Crippen molar-refractivity contribution in [3.05, 3.63) is 33.8 Å². The van der Waals surface area contributed by atoms with Gasteiger partial charge in [0.15, 0.2) is 0 Å². The molecule has 0 aliphatic carbocycles. The quantitative estimate of drug-likeness (QED) is 0.924. The third-order valence-electron chi connectivity index (χ3n) is 3.43. The molecule has 0 atom stereocenters. The van der Waals surface area contributed by atoms with Gasteiger partial charge in [-0.25, -0.2) is 0 Å². The van der Waals surface area contributed by atoms with E-state index in [0.717, 1.165) is 26.2 Å². The zero-order chi connectivity index (χ0) is 12.3. The lowest BCUT2D eigenvalue weighted by atomic mass is 9.97. The number of nitrogens with two attached hydrogens (primary N) is 1. The van der Waals surface area contributed by atoms with Crippen molar-refractivity contribution < 1.29 is 0 Å². The number of piperidine rings is 1. The largest absolute Gasteiger partial charge is 0.330 e. The topological polar surface area (TPSA) is 29.3 Å². The molecule has 2 rings (SSSR count). The Morgan fingerprint density at radius 2 is 1.83 bits per heavy atom. The van der Waals surface area contributed by atoms with Gasteiger partial charge in [0.1, 0.15) is 0 Å². The van der Waals surface area contributed by atoms with Gasteiger partial charge in [-0.1, -0.05) is 29.3 Å². The van der Waals surface area contributed by atoms with Crippen LogP contribution in [0.15, 0.2) is 18.2 Å². The maximum absolute atomic E-state index is 6.01. The lowest BCUT2D eigenvalue weighted by molar-refractivity contribution is 0.180. The number of hydrogen-bond donors (Lipinski definition) is 1. The summed E-state index contributed by atoms with van der Waals surface area (Å²) in [5, 5.41) is 1.26. The van der Waals surface area contributed by atoms with Crippen LogP contribution in [0.2, 0.25) is 10.0 Å². The molecule has 1 aromatic rings. The fourth-order valence-corrected chi connectivity index (χ4v) is 2.60. The van der Waals surface area contributed by atoms with Crippen LogP contribution < -0.4 is 5.73 Å². The Labute approximate surface area is 125 Å². The molecule has 102 valence electrons. The molecule has 5 heteroatoms. The number of benzene rings is 1. The Morgan fingerprint density at radius 1 is 1.17 bits per heavy atom. The van der Waals surface area contributed by atoms with E-state index in [1.165, 1.54) is 18.4 Å². The molecule has 2 N–H and O–H groups in total. The zero-order valence-electron chi connectivity index (χ0n) is 10.2. The molecule has 0 bridgehead atoms. The molecule has 1 heterocycles. The van der Waals surface area contributed by atoms with Crippen LogP contribution in [0.4, 0.5) is 0 Å². The van der Waals surface area contributed by atoms with Crippen molar-refractivity contribution in [3.8, 4) is 0 Å². The van der Waals surface area contributed by atoms with Gasteiger partial charge in [-0.2, -0.15) is 0 Å². The fourth-order valence-electron chi connectivity index (χ4n) is 2.28. The second-order valence-corrected chi connectivity index (χ2v) is 5.52. The second-order valence-electron chi connectivity index (χ2n) is 4.70. The van der Waals surface area contributed by atoms with Gasteiger partial charge in [-0.15, -0.1) is 12.4 Å². The first kappa shape index (κ1) is 16.1. The Hall–Kier alpha value is 0.01000. The molecule has 2 nitrogen and oxygen atoms in total. The van der Waals surface area contributed by atoms with Crippen LogP contribution in [0.1, 0.15) is 18.4 Å². The number of nitrogens with zero attached hydrogens (tertiary/aromatic N) is 1. The van der Waals surface area contributed by atoms with Crippen LogP contribution in [0.3, 0.4) is 0 Å². The van der Waals surface area contributed by atoms with Gasteiger partial charge >= 0.3 is 0 Å². The van der Waals surface area contributed by atoms with Gasteiger partial charge in [0.25, 0.3) is 0 Å². The predicted molar refractivity (Wildman–Crippen MR) is 80.8 cm³/mol. The van der Waals surface area contributed by atoms with E-state index in [0.29, 0.717) is 16.0 Å². The summed E-state index contributed by atoms with van der Waals surface area (Å²) >= 11 is 11.9. The summed E-state index contributed by atoms with van der Waals surface area (Å²) in [6.45, 7) is 4.03. The van der Waals surface area contributed by atoms with E-state index >= 15 is 0 Å². The number of halogens is 3. The lowest BCUT2D eigenvalue weighted by Gasteiger charge is -2.31. The maximum atomic E-state index is 6.01. The second kappa shape index (κ2) is 7.56. The van der Waals surface area contributed by atoms with Gasteiger partial charge in [0.05, 0.1) is 10.0 Å². The summed E-state index contributed by atoms with van der Waals surface area (Å²) < 4.78 is 0. The Kier molecular flexibility index (Phi) is 6.75. The van der Waals surface area contributed by atoms with Crippen molar-refractivity contribution in [2.75, 3.05) is 19.6 Å². The molecule has 0 radical (unpaired) electrons. The molecule has 0 amide bonds. The van der Waals surface area contributed by atoms with Gasteiger partial charge in [0.2, 0.25) is 0 Å². The van der Waals surface area contributed by atoms with Crippen LogP contribution >= 0.6 is 35.6 Å². The highest BCUT2D eigenvalue weighted by molar-refractivity contribution is 6.42. The van der Waals surface area contributed by atoms with Gasteiger partial charge in [0, 0.05) is 6.54 Å². The predicted octanol–water partition coefficient (Wildman–Crippen LogP) is 3.59. The minimum absolute atomic E-state index is 0. The zero-order valence-corrected chi connectivity index (χ0v) is 12.6. The SMILES string of the molecule is Cl.NCC1CCN(Cc2ccc(Cl)c(Cl)c2)CC1. The van der Waals surface area contributed by atoms with E-state index < -0.39 is 0 Å². The van der Waals surface area contributed by atoms with Crippen LogP contribution in [0.25, 0.3) is 0 Å². The smallest absolute Gasteiger partial charge is 0.0595 e. The molecule has 1 fully saturated rings. The average Bonchev–Trinajstić information content (AvgIpc) is 2.35. The minimum atomic E-state index is 0. The van der Waals surface area contributed by atoms with Crippen LogP contribution in [0, 0.1) is 5.92 Å². The first-order valence-corrected chi connectivity index (χ1v) is 6.81. The molecule has 18 heavy (non-hydrogen) atoms. The van der Waals surface area contributed by atoms with Crippen molar-refractivity contribution in [3.63, 3.8) is 0 Å². The van der Waals surface area contributed by atoms with Crippen molar-refractivity contribution in [1.29, 1.82) is 0 Å². The third kappa shape index (κ3) is 4.29. The highest BCUT2D eigenvalue weighted by atomic mass is 35.5.